The monoisotopic (exact) mass is 256 g/mol. The Morgan fingerprint density at radius 3 is 2.47 bits per heavy atom. The van der Waals surface area contributed by atoms with Crippen LogP contribution in [-0.4, -0.2) is 37.6 Å². The van der Waals surface area contributed by atoms with Gasteiger partial charge in [0, 0.05) is 17.6 Å². The first-order valence-corrected chi connectivity index (χ1v) is 7.21. The Morgan fingerprint density at radius 2 is 1.84 bits per heavy atom. The molecule has 1 saturated carbocycles. The molecule has 2 nitrogen and oxygen atoms in total. The second kappa shape index (κ2) is 7.33. The summed E-state index contributed by atoms with van der Waals surface area (Å²) in [4.78, 5) is 2.40. The van der Waals surface area contributed by atoms with Crippen molar-refractivity contribution in [2.75, 3.05) is 20.6 Å². The van der Waals surface area contributed by atoms with Gasteiger partial charge in [0.25, 0.3) is 0 Å². The van der Waals surface area contributed by atoms with Gasteiger partial charge >= 0.3 is 0 Å². The molecule has 0 spiro atoms. The normalized spacial score (nSPS) is 22.9. The van der Waals surface area contributed by atoms with Crippen molar-refractivity contribution in [3.8, 4) is 11.8 Å². The Kier molecular flexibility index (Phi) is 5.44. The minimum absolute atomic E-state index is 0.703. The van der Waals surface area contributed by atoms with E-state index in [0.717, 1.165) is 18.2 Å². The number of hydrogen-bond donors (Lipinski definition) is 1. The molecule has 0 unspecified atom stereocenters. The van der Waals surface area contributed by atoms with Crippen molar-refractivity contribution in [3.63, 3.8) is 0 Å². The molecular weight excluding hydrogens is 232 g/mol. The van der Waals surface area contributed by atoms with Gasteiger partial charge in [-0.05, 0) is 51.9 Å². The van der Waals surface area contributed by atoms with Gasteiger partial charge in [-0.15, -0.1) is 0 Å². The van der Waals surface area contributed by atoms with Crippen LogP contribution in [0.4, 0.5) is 0 Å². The topological polar surface area (TPSA) is 15.3 Å². The third-order valence-electron chi connectivity index (χ3n) is 4.06. The first-order valence-electron chi connectivity index (χ1n) is 7.21. The number of nitrogens with zero attached hydrogens (tertiary/aromatic N) is 1. The summed E-state index contributed by atoms with van der Waals surface area (Å²) in [7, 11) is 4.27. The van der Waals surface area contributed by atoms with Crippen molar-refractivity contribution in [1.29, 1.82) is 0 Å². The predicted molar refractivity (Wildman–Crippen MR) is 81.1 cm³/mol. The average Bonchev–Trinajstić information content (AvgIpc) is 2.48. The summed E-state index contributed by atoms with van der Waals surface area (Å²) in [5.74, 6) is 6.51. The number of nitrogens with one attached hydrogen (secondary N) is 1. The van der Waals surface area contributed by atoms with Crippen LogP contribution in [0.15, 0.2) is 30.3 Å². The van der Waals surface area contributed by atoms with Crippen LogP contribution in [0.5, 0.6) is 0 Å². The summed E-state index contributed by atoms with van der Waals surface area (Å²) in [6, 6.07) is 11.6. The van der Waals surface area contributed by atoms with E-state index in [1.807, 2.05) is 18.2 Å². The highest BCUT2D eigenvalue weighted by Gasteiger charge is 2.22. The summed E-state index contributed by atoms with van der Waals surface area (Å²) in [5, 5.41) is 3.38. The zero-order valence-electron chi connectivity index (χ0n) is 12.0. The van der Waals surface area contributed by atoms with E-state index in [1.165, 1.54) is 25.7 Å². The molecular formula is C17H24N2. The number of hydrogen-bond acceptors (Lipinski definition) is 2. The van der Waals surface area contributed by atoms with Gasteiger partial charge in [0.2, 0.25) is 0 Å². The van der Waals surface area contributed by atoms with Crippen molar-refractivity contribution in [3.05, 3.63) is 35.9 Å². The van der Waals surface area contributed by atoms with E-state index in [0.29, 0.717) is 6.04 Å². The second-order valence-corrected chi connectivity index (χ2v) is 5.38. The molecule has 1 aliphatic carbocycles. The molecule has 1 aromatic rings. The Balaban J connectivity index is 1.79. The quantitative estimate of drug-likeness (QED) is 0.836. The average molecular weight is 256 g/mol. The van der Waals surface area contributed by atoms with Crippen LogP contribution in [0.25, 0.3) is 0 Å². The van der Waals surface area contributed by atoms with Gasteiger partial charge in [-0.2, -0.15) is 0 Å². The molecule has 102 valence electrons. The van der Waals surface area contributed by atoms with E-state index >= 15 is 0 Å². The first-order chi connectivity index (χ1) is 9.29. The summed E-state index contributed by atoms with van der Waals surface area (Å²) in [6.45, 7) is 0.865. The molecule has 0 atom stereocenters. The molecule has 0 heterocycles. The maximum absolute atomic E-state index is 3.38. The summed E-state index contributed by atoms with van der Waals surface area (Å²) in [5.41, 5.74) is 1.11. The molecule has 0 aromatic heterocycles. The van der Waals surface area contributed by atoms with E-state index in [4.69, 9.17) is 0 Å². The fraction of sp³-hybridized carbons (Fsp3) is 0.529. The zero-order valence-corrected chi connectivity index (χ0v) is 12.0. The summed E-state index contributed by atoms with van der Waals surface area (Å²) in [6.07, 6.45) is 5.15. The predicted octanol–water partition coefficient (Wildman–Crippen LogP) is 2.50. The molecule has 2 heteroatoms. The highest BCUT2D eigenvalue weighted by atomic mass is 15.1. The van der Waals surface area contributed by atoms with Crippen molar-refractivity contribution in [2.24, 2.45) is 0 Å². The van der Waals surface area contributed by atoms with Gasteiger partial charge in [0.05, 0.1) is 6.54 Å². The fourth-order valence-electron chi connectivity index (χ4n) is 2.72. The number of rotatable bonds is 3. The van der Waals surface area contributed by atoms with Crippen LogP contribution in [-0.2, 0) is 0 Å². The third-order valence-corrected chi connectivity index (χ3v) is 4.06. The van der Waals surface area contributed by atoms with Crippen LogP contribution in [0.3, 0.4) is 0 Å². The minimum Gasteiger partial charge on any atom is -0.317 e. The molecule has 1 aliphatic rings. The highest BCUT2D eigenvalue weighted by molar-refractivity contribution is 5.33. The van der Waals surface area contributed by atoms with E-state index < -0.39 is 0 Å². The molecule has 0 amide bonds. The minimum atomic E-state index is 0.703. The van der Waals surface area contributed by atoms with Crippen molar-refractivity contribution >= 4 is 0 Å². The fourth-order valence-corrected chi connectivity index (χ4v) is 2.72. The lowest BCUT2D eigenvalue weighted by molar-refractivity contribution is 0.193. The smallest absolute Gasteiger partial charge is 0.0605 e. The van der Waals surface area contributed by atoms with Gasteiger partial charge in [-0.25, -0.2) is 0 Å². The molecule has 1 fully saturated rings. The Hall–Kier alpha value is -1.30. The van der Waals surface area contributed by atoms with Crippen molar-refractivity contribution < 1.29 is 0 Å². The molecule has 1 aromatic carbocycles. The highest BCUT2D eigenvalue weighted by Crippen LogP contribution is 2.21. The number of benzene rings is 1. The molecule has 0 saturated heterocycles. The van der Waals surface area contributed by atoms with E-state index in [-0.39, 0.29) is 0 Å². The molecule has 1 N–H and O–H groups in total. The van der Waals surface area contributed by atoms with Crippen LogP contribution >= 0.6 is 0 Å². The first kappa shape index (κ1) is 14.1. The lowest BCUT2D eigenvalue weighted by atomic mass is 9.90. The molecule has 0 aliphatic heterocycles. The van der Waals surface area contributed by atoms with Gasteiger partial charge in [0.15, 0.2) is 0 Å². The Bertz CT molecular complexity index is 422. The standard InChI is InChI=1S/C17H24N2/c1-18-16-10-12-17(13-11-16)19(2)14-6-9-15-7-4-3-5-8-15/h3-5,7-8,16-18H,10-14H2,1-2H3. The van der Waals surface area contributed by atoms with Crippen LogP contribution in [0.1, 0.15) is 31.2 Å². The maximum atomic E-state index is 3.38. The van der Waals surface area contributed by atoms with Crippen LogP contribution in [0, 0.1) is 11.8 Å². The van der Waals surface area contributed by atoms with Gasteiger partial charge in [-0.3, -0.25) is 4.90 Å². The Morgan fingerprint density at radius 1 is 1.16 bits per heavy atom. The van der Waals surface area contributed by atoms with Gasteiger partial charge < -0.3 is 5.32 Å². The lowest BCUT2D eigenvalue weighted by Crippen LogP contribution is -2.39. The SMILES string of the molecule is CNC1CCC(N(C)CC#Cc2ccccc2)CC1. The van der Waals surface area contributed by atoms with Gasteiger partial charge in [-0.1, -0.05) is 30.0 Å². The molecule has 2 rings (SSSR count). The van der Waals surface area contributed by atoms with E-state index in [1.54, 1.807) is 0 Å². The van der Waals surface area contributed by atoms with E-state index in [9.17, 15) is 0 Å². The largest absolute Gasteiger partial charge is 0.317 e. The Labute approximate surface area is 117 Å². The maximum Gasteiger partial charge on any atom is 0.0605 e. The molecule has 19 heavy (non-hydrogen) atoms. The zero-order chi connectivity index (χ0) is 13.5. The van der Waals surface area contributed by atoms with Crippen molar-refractivity contribution in [1.82, 2.24) is 10.2 Å². The molecule has 0 radical (unpaired) electrons. The lowest BCUT2D eigenvalue weighted by Gasteiger charge is -2.33. The van der Waals surface area contributed by atoms with Crippen LogP contribution in [0.2, 0.25) is 0 Å². The molecule has 0 bridgehead atoms. The third kappa shape index (κ3) is 4.38. The van der Waals surface area contributed by atoms with Gasteiger partial charge in [0.1, 0.15) is 0 Å². The van der Waals surface area contributed by atoms with Crippen molar-refractivity contribution in [2.45, 2.75) is 37.8 Å². The van der Waals surface area contributed by atoms with E-state index in [2.05, 4.69) is 48.3 Å². The van der Waals surface area contributed by atoms with Crippen LogP contribution < -0.4 is 5.32 Å². The second-order valence-electron chi connectivity index (χ2n) is 5.38. The summed E-state index contributed by atoms with van der Waals surface area (Å²) >= 11 is 0. The summed E-state index contributed by atoms with van der Waals surface area (Å²) < 4.78 is 0.